The first-order chi connectivity index (χ1) is 11.8. The molecule has 3 rings (SSSR count). The number of benzene rings is 1. The summed E-state index contributed by atoms with van der Waals surface area (Å²) in [6.07, 6.45) is 0. The van der Waals surface area contributed by atoms with E-state index in [-0.39, 0.29) is 30.2 Å². The zero-order valence-electron chi connectivity index (χ0n) is 14.9. The number of hydrogen-bond acceptors (Lipinski definition) is 6. The fraction of sp³-hybridized carbons (Fsp3) is 0.588. The Bertz CT molecular complexity index is 777. The standard InChI is InChI=1S/C17H24N2O5S/c1-18(2)13-10-25(21,22)15-9-19(8-12(13)15)17(20)11-6-5-7-14(23-3)16(11)24-4/h5-7,12-13,15H,8-10H2,1-4H3/t12-,13+,15-/m0/s1. The van der Waals surface area contributed by atoms with Gasteiger partial charge in [-0.15, -0.1) is 0 Å². The fourth-order valence-corrected chi connectivity index (χ4v) is 6.43. The molecule has 0 radical (unpaired) electrons. The van der Waals surface area contributed by atoms with Crippen LogP contribution in [-0.4, -0.2) is 82.6 Å². The molecule has 1 amide bonds. The van der Waals surface area contributed by atoms with Gasteiger partial charge in [0.25, 0.3) is 5.91 Å². The number of para-hydroxylation sites is 1. The molecule has 0 bridgehead atoms. The molecule has 8 heteroatoms. The minimum absolute atomic E-state index is 0.0550. The predicted molar refractivity (Wildman–Crippen MR) is 94.0 cm³/mol. The van der Waals surface area contributed by atoms with Crippen LogP contribution in [0.1, 0.15) is 10.4 Å². The first-order valence-electron chi connectivity index (χ1n) is 8.18. The van der Waals surface area contributed by atoms with Crippen molar-refractivity contribution in [1.82, 2.24) is 9.80 Å². The quantitative estimate of drug-likeness (QED) is 0.771. The van der Waals surface area contributed by atoms with Crippen LogP contribution in [0.2, 0.25) is 0 Å². The maximum atomic E-state index is 13.0. The Balaban J connectivity index is 1.89. The van der Waals surface area contributed by atoms with E-state index in [0.717, 1.165) is 0 Å². The highest BCUT2D eigenvalue weighted by Crippen LogP contribution is 2.38. The summed E-state index contributed by atoms with van der Waals surface area (Å²) in [6, 6.07) is 5.07. The van der Waals surface area contributed by atoms with Gasteiger partial charge in [-0.1, -0.05) is 6.07 Å². The lowest BCUT2D eigenvalue weighted by atomic mass is 10.00. The number of amides is 1. The van der Waals surface area contributed by atoms with Crippen LogP contribution in [0.5, 0.6) is 11.5 Å². The van der Waals surface area contributed by atoms with Crippen LogP contribution in [0.3, 0.4) is 0 Å². The number of hydrogen-bond donors (Lipinski definition) is 0. The molecule has 2 aliphatic heterocycles. The van der Waals surface area contributed by atoms with E-state index in [9.17, 15) is 13.2 Å². The number of fused-ring (bicyclic) bond motifs is 1. The van der Waals surface area contributed by atoms with Crippen LogP contribution in [0, 0.1) is 5.92 Å². The second kappa shape index (κ2) is 6.49. The van der Waals surface area contributed by atoms with Gasteiger partial charge < -0.3 is 19.3 Å². The molecule has 1 aromatic rings. The summed E-state index contributed by atoms with van der Waals surface area (Å²) in [6.45, 7) is 0.669. The molecule has 0 aliphatic carbocycles. The first kappa shape index (κ1) is 18.0. The number of ether oxygens (including phenoxy) is 2. The van der Waals surface area contributed by atoms with Crippen molar-refractivity contribution in [1.29, 1.82) is 0 Å². The SMILES string of the molecule is COc1cccc(C(=O)N2C[C@H]3[C@H](N(C)C)CS(=O)(=O)[C@H]3C2)c1OC. The molecule has 0 N–H and O–H groups in total. The van der Waals surface area contributed by atoms with Gasteiger partial charge in [0.05, 0.1) is 30.8 Å². The van der Waals surface area contributed by atoms with Crippen LogP contribution in [0.15, 0.2) is 18.2 Å². The molecule has 0 aromatic heterocycles. The lowest BCUT2D eigenvalue weighted by Crippen LogP contribution is -2.38. The molecule has 1 aromatic carbocycles. The molecular weight excluding hydrogens is 344 g/mol. The van der Waals surface area contributed by atoms with Gasteiger partial charge in [0.1, 0.15) is 0 Å². The Kier molecular flexibility index (Phi) is 4.68. The van der Waals surface area contributed by atoms with Crippen molar-refractivity contribution in [2.45, 2.75) is 11.3 Å². The summed E-state index contributed by atoms with van der Waals surface area (Å²) in [7, 11) is 3.59. The van der Waals surface area contributed by atoms with Crippen molar-refractivity contribution in [2.24, 2.45) is 5.92 Å². The van der Waals surface area contributed by atoms with Gasteiger partial charge in [0.15, 0.2) is 21.3 Å². The van der Waals surface area contributed by atoms with Crippen molar-refractivity contribution < 1.29 is 22.7 Å². The third-order valence-corrected chi connectivity index (χ3v) is 7.48. The number of methoxy groups -OCH3 is 2. The smallest absolute Gasteiger partial charge is 0.257 e. The highest BCUT2D eigenvalue weighted by molar-refractivity contribution is 7.92. The number of rotatable bonds is 4. The number of likely N-dealkylation sites (tertiary alicyclic amines) is 1. The van der Waals surface area contributed by atoms with Crippen LogP contribution in [-0.2, 0) is 9.84 Å². The van der Waals surface area contributed by atoms with Crippen molar-refractivity contribution in [3.05, 3.63) is 23.8 Å². The number of carbonyl (C=O) groups is 1. The first-order valence-corrected chi connectivity index (χ1v) is 9.90. The van der Waals surface area contributed by atoms with Gasteiger partial charge in [-0.3, -0.25) is 4.79 Å². The van der Waals surface area contributed by atoms with E-state index in [1.807, 2.05) is 19.0 Å². The van der Waals surface area contributed by atoms with E-state index in [1.54, 1.807) is 23.1 Å². The van der Waals surface area contributed by atoms with E-state index in [1.165, 1.54) is 14.2 Å². The predicted octanol–water partition coefficient (Wildman–Crippen LogP) is 0.503. The molecular formula is C17H24N2O5S. The normalized spacial score (nSPS) is 27.4. The van der Waals surface area contributed by atoms with Gasteiger partial charge in [-0.05, 0) is 26.2 Å². The molecule has 138 valence electrons. The van der Waals surface area contributed by atoms with Gasteiger partial charge in [0, 0.05) is 25.0 Å². The minimum Gasteiger partial charge on any atom is -0.493 e. The molecule has 7 nitrogen and oxygen atoms in total. The Hall–Kier alpha value is -1.80. The molecule has 25 heavy (non-hydrogen) atoms. The Labute approximate surface area is 148 Å². The topological polar surface area (TPSA) is 76.2 Å². The van der Waals surface area contributed by atoms with Crippen molar-refractivity contribution in [3.8, 4) is 11.5 Å². The van der Waals surface area contributed by atoms with E-state index in [4.69, 9.17) is 9.47 Å². The van der Waals surface area contributed by atoms with Crippen molar-refractivity contribution >= 4 is 15.7 Å². The largest absolute Gasteiger partial charge is 0.493 e. The molecule has 0 spiro atoms. The lowest BCUT2D eigenvalue weighted by Gasteiger charge is -2.25. The third-order valence-electron chi connectivity index (χ3n) is 5.25. The second-order valence-electron chi connectivity index (χ2n) is 6.81. The zero-order valence-corrected chi connectivity index (χ0v) is 15.7. The highest BCUT2D eigenvalue weighted by atomic mass is 32.2. The highest BCUT2D eigenvalue weighted by Gasteiger charge is 2.53. The van der Waals surface area contributed by atoms with Gasteiger partial charge in [-0.25, -0.2) is 8.42 Å². The van der Waals surface area contributed by atoms with Crippen LogP contribution >= 0.6 is 0 Å². The number of sulfone groups is 1. The van der Waals surface area contributed by atoms with E-state index < -0.39 is 15.1 Å². The van der Waals surface area contributed by atoms with Gasteiger partial charge in [-0.2, -0.15) is 0 Å². The average Bonchev–Trinajstić information content (AvgIpc) is 3.12. The minimum atomic E-state index is -3.19. The summed E-state index contributed by atoms with van der Waals surface area (Å²) >= 11 is 0. The number of carbonyl (C=O) groups excluding carboxylic acids is 1. The van der Waals surface area contributed by atoms with E-state index >= 15 is 0 Å². The summed E-state index contributed by atoms with van der Waals surface area (Å²) < 4.78 is 35.5. The van der Waals surface area contributed by atoms with E-state index in [0.29, 0.717) is 23.6 Å². The van der Waals surface area contributed by atoms with Crippen molar-refractivity contribution in [3.63, 3.8) is 0 Å². The van der Waals surface area contributed by atoms with Gasteiger partial charge >= 0.3 is 0 Å². The Morgan fingerprint density at radius 3 is 2.52 bits per heavy atom. The maximum absolute atomic E-state index is 13.0. The van der Waals surface area contributed by atoms with Crippen LogP contribution < -0.4 is 9.47 Å². The third kappa shape index (κ3) is 2.97. The van der Waals surface area contributed by atoms with E-state index in [2.05, 4.69) is 0 Å². The second-order valence-corrected chi connectivity index (χ2v) is 9.08. The molecule has 0 unspecified atom stereocenters. The molecule has 2 fully saturated rings. The maximum Gasteiger partial charge on any atom is 0.257 e. The summed E-state index contributed by atoms with van der Waals surface area (Å²) in [5.41, 5.74) is 0.389. The summed E-state index contributed by atoms with van der Waals surface area (Å²) in [5.74, 6) is 0.740. The fourth-order valence-electron chi connectivity index (χ4n) is 3.96. The summed E-state index contributed by atoms with van der Waals surface area (Å²) in [4.78, 5) is 16.6. The molecule has 2 aliphatic rings. The zero-order chi connectivity index (χ0) is 18.4. The Morgan fingerprint density at radius 1 is 1.20 bits per heavy atom. The molecule has 3 atom stereocenters. The van der Waals surface area contributed by atoms with Gasteiger partial charge in [0.2, 0.25) is 0 Å². The number of nitrogens with zero attached hydrogens (tertiary/aromatic N) is 2. The van der Waals surface area contributed by atoms with Crippen LogP contribution in [0.4, 0.5) is 0 Å². The molecule has 2 saturated heterocycles. The lowest BCUT2D eigenvalue weighted by molar-refractivity contribution is 0.0775. The van der Waals surface area contributed by atoms with Crippen molar-refractivity contribution in [2.75, 3.05) is 47.2 Å². The average molecular weight is 368 g/mol. The molecule has 2 heterocycles. The monoisotopic (exact) mass is 368 g/mol. The van der Waals surface area contributed by atoms with Crippen LogP contribution in [0.25, 0.3) is 0 Å². The Morgan fingerprint density at radius 2 is 1.92 bits per heavy atom. The molecule has 0 saturated carbocycles. The summed E-state index contributed by atoms with van der Waals surface area (Å²) in [5, 5.41) is -0.486.